The summed E-state index contributed by atoms with van der Waals surface area (Å²) in [7, 11) is 4.63. The summed E-state index contributed by atoms with van der Waals surface area (Å²) in [5.74, 6) is 0.450. The molecule has 0 aromatic heterocycles. The number of carbonyl (C=O) groups excluding carboxylic acids is 1. The molecule has 1 rings (SSSR count). The molecule has 7 heteroatoms. The molecule has 1 aromatic carbocycles. The molecule has 1 amide bonds. The van der Waals surface area contributed by atoms with Crippen LogP contribution in [0.2, 0.25) is 0 Å². The molecule has 1 unspecified atom stereocenters. The van der Waals surface area contributed by atoms with Crippen molar-refractivity contribution in [2.75, 3.05) is 27.8 Å². The number of nitrogens with zero attached hydrogens (tertiary/aromatic N) is 2. The SMILES string of the molecule is COc1cccc(C(=O)N(C)CC(C)C(N)=NO)c1OC. The van der Waals surface area contributed by atoms with Crippen LogP contribution in [0.4, 0.5) is 0 Å². The Kier molecular flexibility index (Phi) is 5.83. The minimum atomic E-state index is -0.263. The third-order valence-corrected chi connectivity index (χ3v) is 3.15. The average molecular weight is 295 g/mol. The summed E-state index contributed by atoms with van der Waals surface area (Å²) in [4.78, 5) is 14.0. The summed E-state index contributed by atoms with van der Waals surface area (Å²) in [6.45, 7) is 2.08. The van der Waals surface area contributed by atoms with Crippen molar-refractivity contribution in [1.82, 2.24) is 4.90 Å². The molecule has 0 spiro atoms. The van der Waals surface area contributed by atoms with Gasteiger partial charge >= 0.3 is 0 Å². The Balaban J connectivity index is 2.98. The van der Waals surface area contributed by atoms with Gasteiger partial charge in [0.15, 0.2) is 11.5 Å². The zero-order chi connectivity index (χ0) is 16.0. The number of amides is 1. The Morgan fingerprint density at radius 2 is 2.10 bits per heavy atom. The van der Waals surface area contributed by atoms with Crippen molar-refractivity contribution >= 4 is 11.7 Å². The van der Waals surface area contributed by atoms with Gasteiger partial charge in [0, 0.05) is 19.5 Å². The number of carbonyl (C=O) groups is 1. The van der Waals surface area contributed by atoms with Gasteiger partial charge in [0.25, 0.3) is 5.91 Å². The minimum absolute atomic E-state index is 0.0762. The second-order valence-corrected chi connectivity index (χ2v) is 4.65. The van der Waals surface area contributed by atoms with Gasteiger partial charge in [-0.05, 0) is 12.1 Å². The third kappa shape index (κ3) is 3.77. The van der Waals surface area contributed by atoms with E-state index in [4.69, 9.17) is 20.4 Å². The van der Waals surface area contributed by atoms with Gasteiger partial charge in [-0.25, -0.2) is 0 Å². The van der Waals surface area contributed by atoms with Gasteiger partial charge in [-0.1, -0.05) is 18.1 Å². The average Bonchev–Trinajstić information content (AvgIpc) is 2.51. The van der Waals surface area contributed by atoms with Crippen molar-refractivity contribution in [2.24, 2.45) is 16.8 Å². The predicted octanol–water partition coefficient (Wildman–Crippen LogP) is 1.16. The van der Waals surface area contributed by atoms with Crippen LogP contribution in [0.3, 0.4) is 0 Å². The van der Waals surface area contributed by atoms with Crippen molar-refractivity contribution < 1.29 is 19.5 Å². The predicted molar refractivity (Wildman–Crippen MR) is 79.1 cm³/mol. The van der Waals surface area contributed by atoms with Crippen molar-refractivity contribution in [3.05, 3.63) is 23.8 Å². The second kappa shape index (κ2) is 7.37. The maximum atomic E-state index is 12.5. The maximum absolute atomic E-state index is 12.5. The lowest BCUT2D eigenvalue weighted by molar-refractivity contribution is 0.0782. The van der Waals surface area contributed by atoms with E-state index < -0.39 is 0 Å². The number of hydrogen-bond acceptors (Lipinski definition) is 5. The molecule has 0 saturated heterocycles. The standard InChI is InChI=1S/C14H21N3O4/c1-9(13(15)16-19)8-17(2)14(18)10-6-5-7-11(20-3)12(10)21-4/h5-7,9,19H,8H2,1-4H3,(H2,15,16). The fraction of sp³-hybridized carbons (Fsp3) is 0.429. The summed E-state index contributed by atoms with van der Waals surface area (Å²) in [5.41, 5.74) is 5.92. The quantitative estimate of drug-likeness (QED) is 0.355. The van der Waals surface area contributed by atoms with Gasteiger partial charge in [-0.3, -0.25) is 4.79 Å². The van der Waals surface area contributed by atoms with Crippen molar-refractivity contribution in [2.45, 2.75) is 6.92 Å². The van der Waals surface area contributed by atoms with Crippen LogP contribution < -0.4 is 15.2 Å². The smallest absolute Gasteiger partial charge is 0.257 e. The summed E-state index contributed by atoms with van der Waals surface area (Å²) in [6, 6.07) is 5.10. The zero-order valence-electron chi connectivity index (χ0n) is 12.7. The molecule has 116 valence electrons. The summed E-state index contributed by atoms with van der Waals surface area (Å²) in [5, 5.41) is 11.6. The van der Waals surface area contributed by atoms with Crippen LogP contribution in [0.5, 0.6) is 11.5 Å². The summed E-state index contributed by atoms with van der Waals surface area (Å²) >= 11 is 0. The largest absolute Gasteiger partial charge is 0.493 e. The lowest BCUT2D eigenvalue weighted by Gasteiger charge is -2.22. The third-order valence-electron chi connectivity index (χ3n) is 3.15. The number of nitrogens with two attached hydrogens (primary N) is 1. The second-order valence-electron chi connectivity index (χ2n) is 4.65. The van der Waals surface area contributed by atoms with Crippen LogP contribution in [0.25, 0.3) is 0 Å². The van der Waals surface area contributed by atoms with E-state index in [0.29, 0.717) is 23.6 Å². The van der Waals surface area contributed by atoms with Gasteiger partial charge in [-0.2, -0.15) is 0 Å². The Morgan fingerprint density at radius 3 is 2.62 bits per heavy atom. The lowest BCUT2D eigenvalue weighted by atomic mass is 10.1. The molecule has 3 N–H and O–H groups in total. The Morgan fingerprint density at radius 1 is 1.43 bits per heavy atom. The van der Waals surface area contributed by atoms with Gasteiger partial charge in [-0.15, -0.1) is 0 Å². The number of methoxy groups -OCH3 is 2. The van der Waals surface area contributed by atoms with Crippen LogP contribution in [0.1, 0.15) is 17.3 Å². The fourth-order valence-corrected chi connectivity index (χ4v) is 1.95. The van der Waals surface area contributed by atoms with Crippen LogP contribution in [-0.2, 0) is 0 Å². The zero-order valence-corrected chi connectivity index (χ0v) is 12.7. The Hall–Kier alpha value is -2.44. The van der Waals surface area contributed by atoms with Gasteiger partial charge in [0.05, 0.1) is 19.8 Å². The number of oxime groups is 1. The first-order chi connectivity index (χ1) is 9.96. The molecule has 1 atom stereocenters. The molecule has 0 aliphatic carbocycles. The molecular weight excluding hydrogens is 274 g/mol. The van der Waals surface area contributed by atoms with Crippen LogP contribution in [-0.4, -0.2) is 49.7 Å². The van der Waals surface area contributed by atoms with Crippen LogP contribution >= 0.6 is 0 Å². The Labute approximate surface area is 123 Å². The molecule has 1 aromatic rings. The van der Waals surface area contributed by atoms with E-state index in [9.17, 15) is 4.79 Å². The highest BCUT2D eigenvalue weighted by Gasteiger charge is 2.21. The molecule has 21 heavy (non-hydrogen) atoms. The number of rotatable bonds is 6. The number of benzene rings is 1. The first-order valence-corrected chi connectivity index (χ1v) is 6.40. The summed E-state index contributed by atoms with van der Waals surface area (Å²) < 4.78 is 10.4. The van der Waals surface area contributed by atoms with Gasteiger partial charge in [0.1, 0.15) is 5.84 Å². The van der Waals surface area contributed by atoms with Crippen molar-refractivity contribution in [3.8, 4) is 11.5 Å². The highest BCUT2D eigenvalue weighted by molar-refractivity contribution is 5.98. The monoisotopic (exact) mass is 295 g/mol. The topological polar surface area (TPSA) is 97.4 Å². The fourth-order valence-electron chi connectivity index (χ4n) is 1.95. The molecule has 0 aliphatic heterocycles. The molecule has 0 aliphatic rings. The lowest BCUT2D eigenvalue weighted by Crippen LogP contribution is -2.36. The number of amidine groups is 1. The summed E-state index contributed by atoms with van der Waals surface area (Å²) in [6.07, 6.45) is 0. The van der Waals surface area contributed by atoms with Gasteiger partial charge < -0.3 is 25.3 Å². The maximum Gasteiger partial charge on any atom is 0.257 e. The van der Waals surface area contributed by atoms with Crippen molar-refractivity contribution in [1.29, 1.82) is 0 Å². The first kappa shape index (κ1) is 16.6. The first-order valence-electron chi connectivity index (χ1n) is 6.40. The highest BCUT2D eigenvalue weighted by Crippen LogP contribution is 2.31. The Bertz CT molecular complexity index is 531. The van der Waals surface area contributed by atoms with E-state index in [2.05, 4.69) is 5.16 Å². The van der Waals surface area contributed by atoms with E-state index >= 15 is 0 Å². The van der Waals surface area contributed by atoms with Crippen LogP contribution in [0, 0.1) is 5.92 Å². The molecule has 0 bridgehead atoms. The molecule has 7 nitrogen and oxygen atoms in total. The molecule has 0 heterocycles. The van der Waals surface area contributed by atoms with Crippen LogP contribution in [0.15, 0.2) is 23.4 Å². The van der Waals surface area contributed by atoms with Gasteiger partial charge in [0.2, 0.25) is 0 Å². The molecule has 0 radical (unpaired) electrons. The van der Waals surface area contributed by atoms with E-state index in [-0.39, 0.29) is 17.7 Å². The number of ether oxygens (including phenoxy) is 2. The highest BCUT2D eigenvalue weighted by atomic mass is 16.5. The normalized spacial score (nSPS) is 12.7. The minimum Gasteiger partial charge on any atom is -0.493 e. The van der Waals surface area contributed by atoms with E-state index in [1.54, 1.807) is 32.2 Å². The molecule has 0 saturated carbocycles. The van der Waals surface area contributed by atoms with E-state index in [0.717, 1.165) is 0 Å². The van der Waals surface area contributed by atoms with E-state index in [1.807, 2.05) is 0 Å². The van der Waals surface area contributed by atoms with E-state index in [1.165, 1.54) is 19.1 Å². The number of para-hydroxylation sites is 1. The molecular formula is C14H21N3O4. The van der Waals surface area contributed by atoms with Crippen molar-refractivity contribution in [3.63, 3.8) is 0 Å². The molecule has 0 fully saturated rings. The number of hydrogen-bond donors (Lipinski definition) is 2.